The first-order valence-electron chi connectivity index (χ1n) is 10.1. The maximum Gasteiger partial charge on any atom is 0.260 e. The molecule has 4 rings (SSSR count). The second kappa shape index (κ2) is 9.02. The minimum Gasteiger partial charge on any atom is -0.494 e. The average Bonchev–Trinajstić information content (AvgIpc) is 3.20. The highest BCUT2D eigenvalue weighted by atomic mass is 19.3. The minimum absolute atomic E-state index is 0.0241. The molecule has 0 radical (unpaired) electrons. The number of hydrogen-bond donors (Lipinski definition) is 1. The molecule has 0 spiro atoms. The molecule has 2 aliphatic heterocycles. The van der Waals surface area contributed by atoms with E-state index in [1.54, 1.807) is 12.1 Å². The number of likely N-dealkylation sites (tertiary alicyclic amines) is 1. The summed E-state index contributed by atoms with van der Waals surface area (Å²) in [4.78, 5) is 6.48. The van der Waals surface area contributed by atoms with Crippen LogP contribution in [-0.2, 0) is 0 Å². The molecule has 0 saturated carbocycles. The lowest BCUT2D eigenvalue weighted by Crippen LogP contribution is -2.47. The first kappa shape index (κ1) is 20.0. The van der Waals surface area contributed by atoms with Crippen molar-refractivity contribution in [3.05, 3.63) is 36.4 Å². The van der Waals surface area contributed by atoms with Crippen molar-refractivity contribution >= 4 is 5.95 Å². The SMILES string of the molecule is Fc1ccc(OCCCN2CCC[C@@H]([C@@H]3C[C@H](C(F)F)n4ncnc4N3)C2)cc1. The van der Waals surface area contributed by atoms with Gasteiger partial charge in [-0.1, -0.05) is 0 Å². The smallest absolute Gasteiger partial charge is 0.260 e. The molecule has 0 unspecified atom stereocenters. The molecule has 29 heavy (non-hydrogen) atoms. The number of halogens is 3. The van der Waals surface area contributed by atoms with Crippen LogP contribution in [0, 0.1) is 11.7 Å². The van der Waals surface area contributed by atoms with Gasteiger partial charge in [-0.05, 0) is 62.4 Å². The molecular formula is C20H26F3N5O. The Hall–Kier alpha value is -2.29. The van der Waals surface area contributed by atoms with Gasteiger partial charge in [0.2, 0.25) is 5.95 Å². The Balaban J connectivity index is 1.27. The van der Waals surface area contributed by atoms with Crippen LogP contribution in [-0.4, -0.2) is 58.4 Å². The zero-order chi connectivity index (χ0) is 20.2. The van der Waals surface area contributed by atoms with Crippen LogP contribution in [0.1, 0.15) is 31.7 Å². The Labute approximate surface area is 168 Å². The van der Waals surface area contributed by atoms with E-state index in [9.17, 15) is 13.2 Å². The molecule has 3 heterocycles. The van der Waals surface area contributed by atoms with Crippen molar-refractivity contribution in [1.29, 1.82) is 0 Å². The van der Waals surface area contributed by atoms with Crippen LogP contribution in [0.2, 0.25) is 0 Å². The molecule has 1 N–H and O–H groups in total. The summed E-state index contributed by atoms with van der Waals surface area (Å²) in [6.07, 6.45) is 2.16. The largest absolute Gasteiger partial charge is 0.494 e. The molecule has 1 saturated heterocycles. The lowest BCUT2D eigenvalue weighted by atomic mass is 9.86. The lowest BCUT2D eigenvalue weighted by Gasteiger charge is -2.40. The summed E-state index contributed by atoms with van der Waals surface area (Å²) in [6, 6.07) is 5.07. The summed E-state index contributed by atoms with van der Waals surface area (Å²) in [7, 11) is 0. The second-order valence-electron chi connectivity index (χ2n) is 7.78. The van der Waals surface area contributed by atoms with Crippen LogP contribution in [0.5, 0.6) is 5.75 Å². The highest BCUT2D eigenvalue weighted by molar-refractivity contribution is 5.29. The fourth-order valence-electron chi connectivity index (χ4n) is 4.33. The van der Waals surface area contributed by atoms with Gasteiger partial charge in [0.1, 0.15) is 23.9 Å². The van der Waals surface area contributed by atoms with Crippen LogP contribution >= 0.6 is 0 Å². The third kappa shape index (κ3) is 4.83. The van der Waals surface area contributed by atoms with Gasteiger partial charge in [0.15, 0.2) is 0 Å². The summed E-state index contributed by atoms with van der Waals surface area (Å²) in [6.45, 7) is 3.33. The molecule has 2 aromatic rings. The Morgan fingerprint density at radius 1 is 1.24 bits per heavy atom. The van der Waals surface area contributed by atoms with Crippen LogP contribution in [0.3, 0.4) is 0 Å². The standard InChI is InChI=1S/C20H26F3N5O/c21-15-4-6-16(7-5-15)29-10-2-9-27-8-1-3-14(12-27)17-11-18(19(22)23)28-20(26-17)24-13-25-28/h4-7,13-14,17-19H,1-3,8-12H2,(H,24,25,26)/t14-,17+,18-/m1/s1. The molecular weight excluding hydrogens is 383 g/mol. The number of anilines is 1. The minimum atomic E-state index is -2.46. The molecule has 1 fully saturated rings. The molecule has 6 nitrogen and oxygen atoms in total. The molecule has 1 aromatic carbocycles. The summed E-state index contributed by atoms with van der Waals surface area (Å²) >= 11 is 0. The van der Waals surface area contributed by atoms with Crippen molar-refractivity contribution < 1.29 is 17.9 Å². The fourth-order valence-corrected chi connectivity index (χ4v) is 4.33. The van der Waals surface area contributed by atoms with Gasteiger partial charge in [0, 0.05) is 19.1 Å². The molecule has 0 aliphatic carbocycles. The Morgan fingerprint density at radius 3 is 2.86 bits per heavy atom. The van der Waals surface area contributed by atoms with Crippen molar-refractivity contribution in [3.8, 4) is 5.75 Å². The van der Waals surface area contributed by atoms with E-state index in [0.29, 0.717) is 30.6 Å². The predicted molar refractivity (Wildman–Crippen MR) is 103 cm³/mol. The highest BCUT2D eigenvalue weighted by Crippen LogP contribution is 2.34. The second-order valence-corrected chi connectivity index (χ2v) is 7.78. The molecule has 0 bridgehead atoms. The summed E-state index contributed by atoms with van der Waals surface area (Å²) in [5, 5.41) is 7.27. The monoisotopic (exact) mass is 409 g/mol. The first-order chi connectivity index (χ1) is 14.1. The third-order valence-electron chi connectivity index (χ3n) is 5.80. The molecule has 0 amide bonds. The van der Waals surface area contributed by atoms with E-state index in [0.717, 1.165) is 38.9 Å². The van der Waals surface area contributed by atoms with Crippen molar-refractivity contribution in [3.63, 3.8) is 0 Å². The zero-order valence-electron chi connectivity index (χ0n) is 16.2. The Kier molecular flexibility index (Phi) is 6.22. The molecule has 158 valence electrons. The number of rotatable bonds is 7. The van der Waals surface area contributed by atoms with Gasteiger partial charge in [-0.3, -0.25) is 0 Å². The van der Waals surface area contributed by atoms with E-state index < -0.39 is 12.5 Å². The van der Waals surface area contributed by atoms with E-state index in [2.05, 4.69) is 20.3 Å². The van der Waals surface area contributed by atoms with Crippen molar-refractivity contribution in [2.24, 2.45) is 5.92 Å². The lowest BCUT2D eigenvalue weighted by molar-refractivity contribution is 0.0552. The molecule has 3 atom stereocenters. The summed E-state index contributed by atoms with van der Waals surface area (Å²) in [5.74, 6) is 1.13. The number of ether oxygens (including phenoxy) is 1. The first-order valence-corrected chi connectivity index (χ1v) is 10.1. The number of nitrogens with zero attached hydrogens (tertiary/aromatic N) is 4. The number of hydrogen-bond acceptors (Lipinski definition) is 5. The van der Waals surface area contributed by atoms with Crippen LogP contribution in [0.15, 0.2) is 30.6 Å². The van der Waals surface area contributed by atoms with Gasteiger partial charge in [-0.15, -0.1) is 0 Å². The van der Waals surface area contributed by atoms with Gasteiger partial charge in [0.25, 0.3) is 6.43 Å². The highest BCUT2D eigenvalue weighted by Gasteiger charge is 2.38. The maximum atomic E-state index is 13.5. The van der Waals surface area contributed by atoms with Gasteiger partial charge in [-0.25, -0.2) is 17.9 Å². The zero-order valence-corrected chi connectivity index (χ0v) is 16.2. The Morgan fingerprint density at radius 2 is 2.07 bits per heavy atom. The van der Waals surface area contributed by atoms with E-state index in [-0.39, 0.29) is 11.9 Å². The predicted octanol–water partition coefficient (Wildman–Crippen LogP) is 3.59. The van der Waals surface area contributed by atoms with Gasteiger partial charge < -0.3 is 15.0 Å². The average molecular weight is 409 g/mol. The third-order valence-corrected chi connectivity index (χ3v) is 5.80. The number of aromatic nitrogens is 3. The van der Waals surface area contributed by atoms with E-state index >= 15 is 0 Å². The molecule has 1 aromatic heterocycles. The normalized spacial score (nSPS) is 24.9. The van der Waals surface area contributed by atoms with Crippen molar-refractivity contribution in [2.45, 2.75) is 44.2 Å². The van der Waals surface area contributed by atoms with Gasteiger partial charge in [-0.2, -0.15) is 10.1 Å². The quantitative estimate of drug-likeness (QED) is 0.709. The number of piperidine rings is 1. The number of benzene rings is 1. The summed E-state index contributed by atoms with van der Waals surface area (Å²) in [5.41, 5.74) is 0. The topological polar surface area (TPSA) is 55.2 Å². The number of nitrogens with one attached hydrogen (secondary N) is 1. The Bertz CT molecular complexity index is 785. The van der Waals surface area contributed by atoms with Crippen molar-refractivity contribution in [2.75, 3.05) is 31.6 Å². The van der Waals surface area contributed by atoms with E-state index in [4.69, 9.17) is 4.74 Å². The van der Waals surface area contributed by atoms with E-state index in [1.165, 1.54) is 23.1 Å². The van der Waals surface area contributed by atoms with Crippen molar-refractivity contribution in [1.82, 2.24) is 19.7 Å². The maximum absolute atomic E-state index is 13.5. The van der Waals surface area contributed by atoms with Crippen LogP contribution in [0.4, 0.5) is 19.1 Å². The van der Waals surface area contributed by atoms with Gasteiger partial charge in [0.05, 0.1) is 6.61 Å². The molecule has 9 heteroatoms. The molecule has 2 aliphatic rings. The number of alkyl halides is 2. The van der Waals surface area contributed by atoms with Crippen LogP contribution < -0.4 is 10.1 Å². The van der Waals surface area contributed by atoms with Gasteiger partial charge >= 0.3 is 0 Å². The van der Waals surface area contributed by atoms with E-state index in [1.807, 2.05) is 0 Å². The number of fused-ring (bicyclic) bond motifs is 1. The summed E-state index contributed by atoms with van der Waals surface area (Å²) < 4.78 is 46.9. The van der Waals surface area contributed by atoms with Crippen LogP contribution in [0.25, 0.3) is 0 Å². The fraction of sp³-hybridized carbons (Fsp3) is 0.600.